The summed E-state index contributed by atoms with van der Waals surface area (Å²) in [4.78, 5) is 26.3. The van der Waals surface area contributed by atoms with E-state index in [-0.39, 0.29) is 24.0 Å². The highest BCUT2D eigenvalue weighted by atomic mass is 35.5. The molecule has 0 spiro atoms. The Balaban J connectivity index is 1.85. The van der Waals surface area contributed by atoms with Crippen molar-refractivity contribution in [1.82, 2.24) is 4.90 Å². The van der Waals surface area contributed by atoms with Gasteiger partial charge >= 0.3 is 0 Å². The van der Waals surface area contributed by atoms with Crippen LogP contribution in [0, 0.1) is 5.82 Å². The molecule has 0 unspecified atom stereocenters. The summed E-state index contributed by atoms with van der Waals surface area (Å²) in [6, 6.07) is 10.7. The van der Waals surface area contributed by atoms with Gasteiger partial charge in [-0.1, -0.05) is 29.3 Å². The molecule has 0 aliphatic carbocycles. The van der Waals surface area contributed by atoms with Crippen molar-refractivity contribution < 1.29 is 14.0 Å². The second-order valence-electron chi connectivity index (χ2n) is 5.14. The molecule has 2 rings (SSSR count). The van der Waals surface area contributed by atoms with E-state index in [9.17, 15) is 14.0 Å². The van der Waals surface area contributed by atoms with Gasteiger partial charge in [-0.05, 0) is 36.4 Å². The number of hydrogen-bond donors (Lipinski definition) is 1. The standard InChI is InChI=1S/C17H15Cl2FN2O2S/c1-22(16(24)10-25-12-7-5-11(20)6-8-12)9-15(23)21-17-13(18)3-2-4-14(17)19/h2-8H,9-10H2,1H3,(H,21,23). The van der Waals surface area contributed by atoms with Gasteiger partial charge in [0.05, 0.1) is 28.0 Å². The van der Waals surface area contributed by atoms with Crippen LogP contribution in [0.3, 0.4) is 0 Å². The zero-order valence-electron chi connectivity index (χ0n) is 13.3. The van der Waals surface area contributed by atoms with Crippen molar-refractivity contribution in [1.29, 1.82) is 0 Å². The summed E-state index contributed by atoms with van der Waals surface area (Å²) < 4.78 is 12.8. The Hall–Kier alpha value is -1.76. The summed E-state index contributed by atoms with van der Waals surface area (Å²) in [5, 5.41) is 3.24. The third-order valence-electron chi connectivity index (χ3n) is 3.21. The van der Waals surface area contributed by atoms with Crippen LogP contribution in [0.15, 0.2) is 47.4 Å². The lowest BCUT2D eigenvalue weighted by Crippen LogP contribution is -2.36. The van der Waals surface area contributed by atoms with Crippen molar-refractivity contribution >= 4 is 52.5 Å². The Morgan fingerprint density at radius 1 is 1.12 bits per heavy atom. The number of nitrogens with one attached hydrogen (secondary N) is 1. The summed E-state index contributed by atoms with van der Waals surface area (Å²) >= 11 is 13.3. The van der Waals surface area contributed by atoms with Crippen LogP contribution in [0.25, 0.3) is 0 Å². The molecule has 0 aliphatic heterocycles. The molecule has 1 N–H and O–H groups in total. The summed E-state index contributed by atoms with van der Waals surface area (Å²) in [6.07, 6.45) is 0. The van der Waals surface area contributed by atoms with Crippen LogP contribution in [0.1, 0.15) is 0 Å². The molecule has 0 aromatic heterocycles. The van der Waals surface area contributed by atoms with Crippen LogP contribution in [-0.2, 0) is 9.59 Å². The SMILES string of the molecule is CN(CC(=O)Nc1c(Cl)cccc1Cl)C(=O)CSc1ccc(F)cc1. The van der Waals surface area contributed by atoms with E-state index in [0.717, 1.165) is 4.90 Å². The van der Waals surface area contributed by atoms with Gasteiger partial charge in [0.1, 0.15) is 5.82 Å². The maximum atomic E-state index is 12.8. The lowest BCUT2D eigenvalue weighted by atomic mass is 10.3. The van der Waals surface area contributed by atoms with Gasteiger partial charge in [0.2, 0.25) is 11.8 Å². The first-order valence-corrected chi connectivity index (χ1v) is 8.97. The Labute approximate surface area is 159 Å². The lowest BCUT2D eigenvalue weighted by Gasteiger charge is -2.17. The number of anilines is 1. The molecular weight excluding hydrogens is 386 g/mol. The lowest BCUT2D eigenvalue weighted by molar-refractivity contribution is -0.131. The van der Waals surface area contributed by atoms with Crippen LogP contribution in [-0.4, -0.2) is 36.1 Å². The second kappa shape index (κ2) is 9.08. The Morgan fingerprint density at radius 2 is 1.72 bits per heavy atom. The van der Waals surface area contributed by atoms with Crippen molar-refractivity contribution in [2.75, 3.05) is 24.7 Å². The van der Waals surface area contributed by atoms with Crippen LogP contribution < -0.4 is 5.32 Å². The molecule has 2 aromatic rings. The van der Waals surface area contributed by atoms with E-state index in [0.29, 0.717) is 15.7 Å². The van der Waals surface area contributed by atoms with Gasteiger partial charge in [-0.25, -0.2) is 4.39 Å². The molecule has 0 radical (unpaired) electrons. The van der Waals surface area contributed by atoms with E-state index in [1.54, 1.807) is 30.3 Å². The van der Waals surface area contributed by atoms with Gasteiger partial charge in [-0.15, -0.1) is 11.8 Å². The van der Waals surface area contributed by atoms with E-state index in [1.165, 1.54) is 35.8 Å². The summed E-state index contributed by atoms with van der Waals surface area (Å²) in [5.41, 5.74) is 0.317. The fourth-order valence-corrected chi connectivity index (χ4v) is 3.22. The first-order chi connectivity index (χ1) is 11.9. The molecular formula is C17H15Cl2FN2O2S. The van der Waals surface area contributed by atoms with Crippen molar-refractivity contribution in [3.05, 3.63) is 58.3 Å². The van der Waals surface area contributed by atoms with E-state index in [4.69, 9.17) is 23.2 Å². The molecule has 0 aliphatic rings. The number of para-hydroxylation sites is 1. The molecule has 0 saturated carbocycles. The number of halogens is 3. The minimum Gasteiger partial charge on any atom is -0.336 e. The first-order valence-electron chi connectivity index (χ1n) is 7.23. The summed E-state index contributed by atoms with van der Waals surface area (Å²) in [6.45, 7) is -0.135. The number of nitrogens with zero attached hydrogens (tertiary/aromatic N) is 1. The largest absolute Gasteiger partial charge is 0.336 e. The number of hydrogen-bond acceptors (Lipinski definition) is 3. The van der Waals surface area contributed by atoms with E-state index in [2.05, 4.69) is 5.32 Å². The summed E-state index contributed by atoms with van der Waals surface area (Å²) in [7, 11) is 1.53. The quantitative estimate of drug-likeness (QED) is 0.734. The fourth-order valence-electron chi connectivity index (χ4n) is 1.89. The second-order valence-corrected chi connectivity index (χ2v) is 7.00. The topological polar surface area (TPSA) is 49.4 Å². The summed E-state index contributed by atoms with van der Waals surface area (Å²) in [5.74, 6) is -0.822. The van der Waals surface area contributed by atoms with Crippen LogP contribution in [0.2, 0.25) is 10.0 Å². The predicted octanol–water partition coefficient (Wildman–Crippen LogP) is 4.32. The molecule has 132 valence electrons. The number of rotatable bonds is 6. The molecule has 25 heavy (non-hydrogen) atoms. The normalized spacial score (nSPS) is 10.4. The van der Waals surface area contributed by atoms with Crippen molar-refractivity contribution in [2.24, 2.45) is 0 Å². The molecule has 0 heterocycles. The zero-order valence-corrected chi connectivity index (χ0v) is 15.6. The van der Waals surface area contributed by atoms with Gasteiger partial charge in [0.25, 0.3) is 0 Å². The molecule has 2 amide bonds. The maximum absolute atomic E-state index is 12.8. The minimum absolute atomic E-state index is 0.135. The molecule has 0 fully saturated rings. The minimum atomic E-state index is -0.405. The Bertz CT molecular complexity index is 751. The number of carbonyl (C=O) groups is 2. The van der Waals surface area contributed by atoms with Crippen molar-refractivity contribution in [2.45, 2.75) is 4.90 Å². The van der Waals surface area contributed by atoms with E-state index < -0.39 is 5.91 Å². The zero-order chi connectivity index (χ0) is 18.4. The number of carbonyl (C=O) groups excluding carboxylic acids is 2. The molecule has 0 bridgehead atoms. The highest BCUT2D eigenvalue weighted by Crippen LogP contribution is 2.29. The molecule has 0 atom stereocenters. The highest BCUT2D eigenvalue weighted by molar-refractivity contribution is 8.00. The highest BCUT2D eigenvalue weighted by Gasteiger charge is 2.15. The third kappa shape index (κ3) is 5.92. The molecule has 0 saturated heterocycles. The Morgan fingerprint density at radius 3 is 2.32 bits per heavy atom. The molecule has 4 nitrogen and oxygen atoms in total. The van der Waals surface area contributed by atoms with Crippen LogP contribution in [0.4, 0.5) is 10.1 Å². The number of benzene rings is 2. The average Bonchev–Trinajstić information content (AvgIpc) is 2.57. The smallest absolute Gasteiger partial charge is 0.244 e. The number of amides is 2. The van der Waals surface area contributed by atoms with Crippen molar-refractivity contribution in [3.63, 3.8) is 0 Å². The van der Waals surface area contributed by atoms with Crippen molar-refractivity contribution in [3.8, 4) is 0 Å². The van der Waals surface area contributed by atoms with Gasteiger partial charge in [-0.3, -0.25) is 9.59 Å². The van der Waals surface area contributed by atoms with E-state index >= 15 is 0 Å². The van der Waals surface area contributed by atoms with Gasteiger partial charge < -0.3 is 10.2 Å². The van der Waals surface area contributed by atoms with Gasteiger partial charge in [0.15, 0.2) is 0 Å². The monoisotopic (exact) mass is 400 g/mol. The van der Waals surface area contributed by atoms with Gasteiger partial charge in [0, 0.05) is 11.9 Å². The Kier molecular flexibility index (Phi) is 7.11. The number of thioether (sulfide) groups is 1. The molecule has 8 heteroatoms. The average molecular weight is 401 g/mol. The fraction of sp³-hybridized carbons (Fsp3) is 0.176. The predicted molar refractivity (Wildman–Crippen MR) is 99.9 cm³/mol. The van der Waals surface area contributed by atoms with Gasteiger partial charge in [-0.2, -0.15) is 0 Å². The first kappa shape index (κ1) is 19.6. The third-order valence-corrected chi connectivity index (χ3v) is 4.84. The maximum Gasteiger partial charge on any atom is 0.244 e. The van der Waals surface area contributed by atoms with Crippen LogP contribution in [0.5, 0.6) is 0 Å². The van der Waals surface area contributed by atoms with E-state index in [1.807, 2.05) is 0 Å². The van der Waals surface area contributed by atoms with Crippen LogP contribution >= 0.6 is 35.0 Å². The molecule has 2 aromatic carbocycles. The number of likely N-dealkylation sites (N-methyl/N-ethyl adjacent to an activating group) is 1.